The van der Waals surface area contributed by atoms with Crippen molar-refractivity contribution in [1.29, 1.82) is 0 Å². The van der Waals surface area contributed by atoms with E-state index >= 15 is 0 Å². The van der Waals surface area contributed by atoms with Gasteiger partial charge in [0.2, 0.25) is 5.89 Å². The minimum atomic E-state index is -0.219. The average Bonchev–Trinajstić information content (AvgIpc) is 3.63. The van der Waals surface area contributed by atoms with E-state index in [9.17, 15) is 4.79 Å². The first-order valence-electron chi connectivity index (χ1n) is 12.7. The largest absolute Gasteiger partial charge is 0.436 e. The predicted octanol–water partition coefficient (Wildman–Crippen LogP) is 7.75. The number of oxazole rings is 1. The molecule has 0 atom stereocenters. The van der Waals surface area contributed by atoms with Gasteiger partial charge in [0.1, 0.15) is 11.3 Å². The number of allylic oxidation sites excluding steroid dienone is 2. The van der Waals surface area contributed by atoms with Crippen molar-refractivity contribution < 1.29 is 9.21 Å². The van der Waals surface area contributed by atoms with Crippen molar-refractivity contribution in [3.8, 4) is 11.5 Å². The molecule has 0 aliphatic carbocycles. The highest BCUT2D eigenvalue weighted by molar-refractivity contribution is 8.26. The number of hydrogen-bond donors (Lipinski definition) is 0. The minimum absolute atomic E-state index is 0.219. The van der Waals surface area contributed by atoms with E-state index in [4.69, 9.17) is 21.6 Å². The third-order valence-electron chi connectivity index (χ3n) is 6.58. The molecule has 1 fully saturated rings. The van der Waals surface area contributed by atoms with Crippen LogP contribution in [0.1, 0.15) is 13.8 Å². The Morgan fingerprint density at radius 2 is 1.85 bits per heavy atom. The smallest absolute Gasteiger partial charge is 0.286 e. The SMILES string of the molecule is CCN1/C(=C\C=C2\SC(=S)N(/N=C(\C)SC)C2=O)N(c2ccccc2)c2ccc(-c3nc4ccccc4o3)cc21. The van der Waals surface area contributed by atoms with Crippen molar-refractivity contribution in [3.63, 3.8) is 0 Å². The van der Waals surface area contributed by atoms with Gasteiger partial charge >= 0.3 is 0 Å². The fourth-order valence-corrected chi connectivity index (χ4v) is 5.93. The van der Waals surface area contributed by atoms with Gasteiger partial charge in [-0.05, 0) is 86.9 Å². The number of thioether (sulfide) groups is 2. The van der Waals surface area contributed by atoms with Crippen molar-refractivity contribution in [1.82, 2.24) is 9.99 Å². The van der Waals surface area contributed by atoms with Gasteiger partial charge in [-0.1, -0.05) is 42.1 Å². The molecule has 1 saturated heterocycles. The number of hydrogen-bond acceptors (Lipinski definition) is 9. The summed E-state index contributed by atoms with van der Waals surface area (Å²) in [6.07, 6.45) is 5.74. The highest BCUT2D eigenvalue weighted by Gasteiger charge is 2.34. The number of nitrogens with zero attached hydrogens (tertiary/aromatic N) is 5. The maximum Gasteiger partial charge on any atom is 0.286 e. The molecule has 0 bridgehead atoms. The molecule has 0 unspecified atom stereocenters. The lowest BCUT2D eigenvalue weighted by atomic mass is 10.1. The van der Waals surface area contributed by atoms with Crippen LogP contribution < -0.4 is 9.80 Å². The van der Waals surface area contributed by atoms with Crippen LogP contribution in [-0.4, -0.2) is 38.1 Å². The summed E-state index contributed by atoms with van der Waals surface area (Å²) >= 11 is 8.19. The molecule has 0 N–H and O–H groups in total. The molecule has 7 nitrogen and oxygen atoms in total. The Kier molecular flexibility index (Phi) is 7.22. The van der Waals surface area contributed by atoms with Gasteiger partial charge in [-0.2, -0.15) is 10.1 Å². The molecule has 1 aromatic heterocycles. The predicted molar refractivity (Wildman–Crippen MR) is 171 cm³/mol. The number of aromatic nitrogens is 1. The number of benzene rings is 3. The number of thiocarbonyl (C=S) groups is 1. The summed E-state index contributed by atoms with van der Waals surface area (Å²) in [6, 6.07) is 24.2. The maximum atomic E-state index is 13.1. The first kappa shape index (κ1) is 26.4. The van der Waals surface area contributed by atoms with Gasteiger partial charge in [0.15, 0.2) is 9.90 Å². The molecule has 4 aromatic rings. The monoisotopic (exact) mass is 583 g/mol. The number of para-hydroxylation sites is 3. The second-order valence-corrected chi connectivity index (χ2v) is 11.6. The Morgan fingerprint density at radius 1 is 1.07 bits per heavy atom. The fourth-order valence-electron chi connectivity index (χ4n) is 4.66. The van der Waals surface area contributed by atoms with Gasteiger partial charge < -0.3 is 9.32 Å². The lowest BCUT2D eigenvalue weighted by Crippen LogP contribution is -2.25. The van der Waals surface area contributed by atoms with E-state index in [1.807, 2.05) is 73.9 Å². The first-order valence-corrected chi connectivity index (χ1v) is 15.1. The summed E-state index contributed by atoms with van der Waals surface area (Å²) < 4.78 is 6.49. The number of rotatable bonds is 5. The van der Waals surface area contributed by atoms with E-state index in [1.54, 1.807) is 0 Å². The normalized spacial score (nSPS) is 17.7. The standard InChI is InChI=1S/C30H25N5O2S3/c1-4-33-24-18-20(28-31-22-12-8-9-13-25(22)37-28)14-15-23(24)34(21-10-6-5-7-11-21)27(33)17-16-26-29(36)35(30(38)40-26)32-19(2)39-3/h5-18H,4H2,1-3H3/b26-16+,27-17+,32-19+. The van der Waals surface area contributed by atoms with Gasteiger partial charge in [-0.15, -0.1) is 11.8 Å². The van der Waals surface area contributed by atoms with Gasteiger partial charge in [-0.25, -0.2) is 4.98 Å². The van der Waals surface area contributed by atoms with Crippen LogP contribution in [0.25, 0.3) is 22.6 Å². The zero-order valence-electron chi connectivity index (χ0n) is 22.1. The highest BCUT2D eigenvalue weighted by atomic mass is 32.2. The molecule has 3 heterocycles. The van der Waals surface area contributed by atoms with Crippen LogP contribution in [0.4, 0.5) is 17.1 Å². The molecule has 40 heavy (non-hydrogen) atoms. The van der Waals surface area contributed by atoms with Gasteiger partial charge in [-0.3, -0.25) is 9.69 Å². The Morgan fingerprint density at radius 3 is 2.60 bits per heavy atom. The van der Waals surface area contributed by atoms with E-state index in [0.717, 1.165) is 44.6 Å². The number of carbonyl (C=O) groups excluding carboxylic acids is 1. The molecule has 3 aromatic carbocycles. The topological polar surface area (TPSA) is 65.2 Å². The van der Waals surface area contributed by atoms with Crippen LogP contribution in [0.5, 0.6) is 0 Å². The molecular formula is C30H25N5O2S3. The highest BCUT2D eigenvalue weighted by Crippen LogP contribution is 2.47. The van der Waals surface area contributed by atoms with E-state index < -0.39 is 0 Å². The van der Waals surface area contributed by atoms with Crippen molar-refractivity contribution >= 4 is 79.2 Å². The summed E-state index contributed by atoms with van der Waals surface area (Å²) in [6.45, 7) is 4.68. The third-order valence-corrected chi connectivity index (χ3v) is 8.55. The van der Waals surface area contributed by atoms with Crippen LogP contribution >= 0.6 is 35.7 Å². The number of carbonyl (C=O) groups is 1. The maximum absolute atomic E-state index is 13.1. The minimum Gasteiger partial charge on any atom is -0.436 e. The van der Waals surface area contributed by atoms with Crippen LogP contribution in [0.15, 0.2) is 105 Å². The second-order valence-electron chi connectivity index (χ2n) is 8.97. The quantitative estimate of drug-likeness (QED) is 0.102. The van der Waals surface area contributed by atoms with Crippen molar-refractivity contribution in [2.45, 2.75) is 13.8 Å². The number of fused-ring (bicyclic) bond motifs is 2. The Labute approximate surface area is 246 Å². The Bertz CT molecular complexity index is 1690. The summed E-state index contributed by atoms with van der Waals surface area (Å²) in [5.74, 6) is 1.28. The zero-order chi connectivity index (χ0) is 27.8. The molecule has 0 spiro atoms. The van der Waals surface area contributed by atoms with Crippen molar-refractivity contribution in [2.75, 3.05) is 22.6 Å². The molecule has 10 heteroatoms. The number of hydrazone groups is 1. The fraction of sp³-hybridized carbons (Fsp3) is 0.133. The second kappa shape index (κ2) is 11.0. The molecule has 1 amide bonds. The molecule has 0 saturated carbocycles. The lowest BCUT2D eigenvalue weighted by molar-refractivity contribution is -0.122. The third kappa shape index (κ3) is 4.72. The number of anilines is 3. The van der Waals surface area contributed by atoms with Crippen LogP contribution in [0, 0.1) is 0 Å². The summed E-state index contributed by atoms with van der Waals surface area (Å²) in [4.78, 5) is 22.8. The van der Waals surface area contributed by atoms with Crippen LogP contribution in [-0.2, 0) is 4.79 Å². The molecule has 6 rings (SSSR count). The molecule has 2 aliphatic heterocycles. The Hall–Kier alpha value is -3.86. The summed E-state index contributed by atoms with van der Waals surface area (Å²) in [5.41, 5.74) is 5.54. The van der Waals surface area contributed by atoms with Crippen LogP contribution in [0.2, 0.25) is 0 Å². The molecule has 0 radical (unpaired) electrons. The van der Waals surface area contributed by atoms with Gasteiger partial charge in [0.25, 0.3) is 5.91 Å². The molecule has 200 valence electrons. The summed E-state index contributed by atoms with van der Waals surface area (Å²) in [7, 11) is 0. The van der Waals surface area contributed by atoms with E-state index in [1.165, 1.54) is 28.5 Å². The Balaban J connectivity index is 1.43. The van der Waals surface area contributed by atoms with Crippen molar-refractivity contribution in [2.24, 2.45) is 5.10 Å². The van der Waals surface area contributed by atoms with Gasteiger partial charge in [0.05, 0.1) is 21.3 Å². The van der Waals surface area contributed by atoms with E-state index in [-0.39, 0.29) is 5.91 Å². The molecule has 2 aliphatic rings. The van der Waals surface area contributed by atoms with E-state index in [2.05, 4.69) is 46.1 Å². The average molecular weight is 584 g/mol. The van der Waals surface area contributed by atoms with E-state index in [0.29, 0.717) is 21.7 Å². The lowest BCUT2D eigenvalue weighted by Gasteiger charge is -2.24. The summed E-state index contributed by atoms with van der Waals surface area (Å²) in [5, 5.41) is 6.44. The number of amides is 1. The van der Waals surface area contributed by atoms with Crippen molar-refractivity contribution in [3.05, 3.63) is 95.7 Å². The molecular weight excluding hydrogens is 559 g/mol. The zero-order valence-corrected chi connectivity index (χ0v) is 24.5. The van der Waals surface area contributed by atoms with Crippen LogP contribution in [0.3, 0.4) is 0 Å². The first-order chi connectivity index (χ1) is 19.5. The van der Waals surface area contributed by atoms with Gasteiger partial charge in [0, 0.05) is 17.8 Å².